The number of nitrogens with zero attached hydrogens (tertiary/aromatic N) is 2. The molecule has 8 nitrogen and oxygen atoms in total. The van der Waals surface area contributed by atoms with E-state index in [-0.39, 0.29) is 30.3 Å². The first-order valence-electron chi connectivity index (χ1n) is 6.02. The number of aromatic amines is 1. The number of carbonyl (C=O) groups excluding carboxylic acids is 1. The number of rotatable bonds is 4. The van der Waals surface area contributed by atoms with Crippen molar-refractivity contribution in [1.82, 2.24) is 14.5 Å². The van der Waals surface area contributed by atoms with Crippen LogP contribution in [-0.2, 0) is 25.6 Å². The van der Waals surface area contributed by atoms with Gasteiger partial charge in [0, 0.05) is 35.4 Å². The third-order valence-corrected chi connectivity index (χ3v) is 5.98. The molecular formula is C10H15N3O5S2. The molecule has 2 heterocycles. The molecule has 1 aromatic rings. The fraction of sp³-hybridized carbons (Fsp3) is 0.600. The molecule has 0 saturated carbocycles. The zero-order chi connectivity index (χ0) is 14.8. The maximum Gasteiger partial charge on any atom is 0.342 e. The van der Waals surface area contributed by atoms with Gasteiger partial charge in [0.05, 0.1) is 12.8 Å². The van der Waals surface area contributed by atoms with Crippen LogP contribution in [0.25, 0.3) is 0 Å². The Morgan fingerprint density at radius 3 is 2.75 bits per heavy atom. The molecule has 0 aromatic carbocycles. The van der Waals surface area contributed by atoms with Crippen molar-refractivity contribution in [1.29, 1.82) is 0 Å². The number of hydrogen-bond acceptors (Lipinski definition) is 6. The van der Waals surface area contributed by atoms with Gasteiger partial charge in [-0.1, -0.05) is 0 Å². The van der Waals surface area contributed by atoms with Crippen LogP contribution in [-0.4, -0.2) is 64.3 Å². The van der Waals surface area contributed by atoms with Crippen LogP contribution in [0, 0.1) is 0 Å². The van der Waals surface area contributed by atoms with Crippen LogP contribution in [0.2, 0.25) is 0 Å². The molecule has 1 aliphatic rings. The second-order valence-electron chi connectivity index (χ2n) is 4.09. The lowest BCUT2D eigenvalue weighted by Crippen LogP contribution is -2.42. The molecule has 0 bridgehead atoms. The molecule has 1 N–H and O–H groups in total. The van der Waals surface area contributed by atoms with E-state index in [9.17, 15) is 17.4 Å². The number of H-pyrrole nitrogens is 1. The van der Waals surface area contributed by atoms with Crippen LogP contribution in [0.4, 0.5) is 0 Å². The molecule has 0 aliphatic carbocycles. The number of aromatic nitrogens is 2. The third-order valence-electron chi connectivity index (χ3n) is 2.83. The molecule has 0 spiro atoms. The molecular weight excluding hydrogens is 306 g/mol. The van der Waals surface area contributed by atoms with Gasteiger partial charge in [-0.05, 0) is 6.92 Å². The predicted molar refractivity (Wildman–Crippen MR) is 71.2 cm³/mol. The average molecular weight is 321 g/mol. The van der Waals surface area contributed by atoms with E-state index in [0.717, 1.165) is 6.20 Å². The van der Waals surface area contributed by atoms with Crippen molar-refractivity contribution < 1.29 is 22.2 Å². The summed E-state index contributed by atoms with van der Waals surface area (Å²) in [5.74, 6) is -0.148. The van der Waals surface area contributed by atoms with Crippen molar-refractivity contribution in [2.45, 2.75) is 11.9 Å². The zero-order valence-electron chi connectivity index (χ0n) is 10.9. The van der Waals surface area contributed by atoms with Crippen molar-refractivity contribution in [3.8, 4) is 0 Å². The van der Waals surface area contributed by atoms with E-state index in [0.29, 0.717) is 11.5 Å². The van der Waals surface area contributed by atoms with Gasteiger partial charge in [-0.15, -0.1) is 0 Å². The quantitative estimate of drug-likeness (QED) is 0.737. The maximum absolute atomic E-state index is 12.4. The highest BCUT2D eigenvalue weighted by Crippen LogP contribution is 2.19. The highest BCUT2D eigenvalue weighted by molar-refractivity contribution is 7.89. The lowest BCUT2D eigenvalue weighted by Gasteiger charge is -2.25. The van der Waals surface area contributed by atoms with Crippen LogP contribution in [0.5, 0.6) is 0 Å². The molecule has 0 amide bonds. The molecule has 0 unspecified atom stereocenters. The third kappa shape index (κ3) is 2.91. The Morgan fingerprint density at radius 1 is 1.50 bits per heavy atom. The minimum Gasteiger partial charge on any atom is -0.462 e. The van der Waals surface area contributed by atoms with Crippen molar-refractivity contribution in [2.75, 3.05) is 31.2 Å². The van der Waals surface area contributed by atoms with Crippen LogP contribution >= 0.6 is 0 Å². The Labute approximate surface area is 119 Å². The first-order chi connectivity index (χ1) is 9.46. The summed E-state index contributed by atoms with van der Waals surface area (Å²) in [7, 11) is -4.84. The van der Waals surface area contributed by atoms with Crippen LogP contribution in [0.3, 0.4) is 0 Å². The average Bonchev–Trinajstić information content (AvgIpc) is 2.89. The van der Waals surface area contributed by atoms with Gasteiger partial charge in [0.2, 0.25) is 0 Å². The SMILES string of the molecule is CCOC(=O)c1cn[nH]c1S(=O)(=O)N1CCS(=O)CC1. The van der Waals surface area contributed by atoms with Gasteiger partial charge in [-0.2, -0.15) is 9.40 Å². The summed E-state index contributed by atoms with van der Waals surface area (Å²) in [6, 6.07) is 0. The van der Waals surface area contributed by atoms with E-state index < -0.39 is 26.8 Å². The number of sulfonamides is 1. The van der Waals surface area contributed by atoms with Gasteiger partial charge in [-0.3, -0.25) is 9.31 Å². The molecule has 1 fully saturated rings. The minimum atomic E-state index is -3.86. The van der Waals surface area contributed by atoms with Gasteiger partial charge in [0.1, 0.15) is 5.56 Å². The van der Waals surface area contributed by atoms with Crippen LogP contribution in [0.1, 0.15) is 17.3 Å². The normalized spacial score (nSPS) is 18.1. The molecule has 0 radical (unpaired) electrons. The molecule has 20 heavy (non-hydrogen) atoms. The van der Waals surface area contributed by atoms with Gasteiger partial charge >= 0.3 is 5.97 Å². The highest BCUT2D eigenvalue weighted by atomic mass is 32.2. The number of hydrogen-bond donors (Lipinski definition) is 1. The van der Waals surface area contributed by atoms with E-state index in [2.05, 4.69) is 10.2 Å². The van der Waals surface area contributed by atoms with E-state index in [1.54, 1.807) is 6.92 Å². The largest absolute Gasteiger partial charge is 0.462 e. The number of carbonyl (C=O) groups is 1. The molecule has 10 heteroatoms. The molecule has 112 valence electrons. The summed E-state index contributed by atoms with van der Waals surface area (Å²) in [6.45, 7) is 2.10. The summed E-state index contributed by atoms with van der Waals surface area (Å²) in [5.41, 5.74) is -0.112. The van der Waals surface area contributed by atoms with E-state index in [1.165, 1.54) is 4.31 Å². The zero-order valence-corrected chi connectivity index (χ0v) is 12.5. The summed E-state index contributed by atoms with van der Waals surface area (Å²) in [6.07, 6.45) is 1.13. The molecule has 1 saturated heterocycles. The number of esters is 1. The molecule has 1 aromatic heterocycles. The second-order valence-corrected chi connectivity index (χ2v) is 7.66. The maximum atomic E-state index is 12.4. The first kappa shape index (κ1) is 15.1. The van der Waals surface area contributed by atoms with Crippen molar-refractivity contribution in [3.05, 3.63) is 11.8 Å². The topological polar surface area (TPSA) is 109 Å². The Hall–Kier alpha value is -1.26. The van der Waals surface area contributed by atoms with Crippen molar-refractivity contribution in [3.63, 3.8) is 0 Å². The second kappa shape index (κ2) is 6.02. The number of ether oxygens (including phenoxy) is 1. The fourth-order valence-corrected chi connectivity index (χ4v) is 4.60. The molecule has 1 aliphatic heterocycles. The lowest BCUT2D eigenvalue weighted by atomic mass is 10.4. The Bertz CT molecular complexity index is 615. The lowest BCUT2D eigenvalue weighted by molar-refractivity contribution is 0.0521. The summed E-state index contributed by atoms with van der Waals surface area (Å²) < 4.78 is 42.1. The predicted octanol–water partition coefficient (Wildman–Crippen LogP) is -0.661. The monoisotopic (exact) mass is 321 g/mol. The van der Waals surface area contributed by atoms with Crippen molar-refractivity contribution in [2.24, 2.45) is 0 Å². The smallest absolute Gasteiger partial charge is 0.342 e. The van der Waals surface area contributed by atoms with Crippen LogP contribution < -0.4 is 0 Å². The van der Waals surface area contributed by atoms with E-state index >= 15 is 0 Å². The molecule has 0 atom stereocenters. The minimum absolute atomic E-state index is 0.112. The van der Waals surface area contributed by atoms with Crippen LogP contribution in [0.15, 0.2) is 11.2 Å². The summed E-state index contributed by atoms with van der Waals surface area (Å²) in [5, 5.41) is 5.67. The Balaban J connectivity index is 2.28. The fourth-order valence-electron chi connectivity index (χ4n) is 1.82. The number of nitrogens with one attached hydrogen (secondary N) is 1. The van der Waals surface area contributed by atoms with Gasteiger partial charge < -0.3 is 4.74 Å². The standard InChI is InChI=1S/C10H15N3O5S2/c1-2-18-10(14)8-7-11-12-9(8)20(16,17)13-3-5-19(15)6-4-13/h7H,2-6H2,1H3,(H,11,12). The van der Waals surface area contributed by atoms with E-state index in [1.807, 2.05) is 0 Å². The first-order valence-corrected chi connectivity index (χ1v) is 8.95. The van der Waals surface area contributed by atoms with Gasteiger partial charge in [-0.25, -0.2) is 13.2 Å². The summed E-state index contributed by atoms with van der Waals surface area (Å²) in [4.78, 5) is 11.7. The molecule has 2 rings (SSSR count). The Kier molecular flexibility index (Phi) is 4.55. The van der Waals surface area contributed by atoms with E-state index in [4.69, 9.17) is 4.74 Å². The summed E-state index contributed by atoms with van der Waals surface area (Å²) >= 11 is 0. The van der Waals surface area contributed by atoms with Gasteiger partial charge in [0.15, 0.2) is 5.03 Å². The Morgan fingerprint density at radius 2 is 2.15 bits per heavy atom. The van der Waals surface area contributed by atoms with Gasteiger partial charge in [0.25, 0.3) is 10.0 Å². The van der Waals surface area contributed by atoms with Crippen molar-refractivity contribution >= 4 is 26.8 Å². The highest BCUT2D eigenvalue weighted by Gasteiger charge is 2.33.